The molecule has 0 bridgehead atoms. The third-order valence-electron chi connectivity index (χ3n) is 4.93. The first-order valence-corrected chi connectivity index (χ1v) is 10.3. The average molecular weight is 404 g/mol. The maximum Gasteiger partial charge on any atom is 0.264 e. The Balaban J connectivity index is 1.78. The second kappa shape index (κ2) is 7.93. The van der Waals surface area contributed by atoms with Crippen LogP contribution in [0, 0.1) is 0 Å². The van der Waals surface area contributed by atoms with Gasteiger partial charge >= 0.3 is 0 Å². The first kappa shape index (κ1) is 19.0. The number of carbonyl (C=O) groups excluding carboxylic acids is 1. The van der Waals surface area contributed by atoms with Crippen LogP contribution < -0.4 is 16.6 Å². The van der Waals surface area contributed by atoms with Crippen LogP contribution in [0.25, 0.3) is 10.9 Å². The van der Waals surface area contributed by atoms with Crippen LogP contribution in [0.5, 0.6) is 0 Å². The Morgan fingerprint density at radius 1 is 1.10 bits per heavy atom. The van der Waals surface area contributed by atoms with Gasteiger partial charge in [0.2, 0.25) is 0 Å². The van der Waals surface area contributed by atoms with Gasteiger partial charge in [0.1, 0.15) is 5.56 Å². The number of nitrogens with one attached hydrogen (secondary N) is 1. The third-order valence-corrected chi connectivity index (χ3v) is 5.79. The van der Waals surface area contributed by atoms with E-state index in [1.54, 1.807) is 28.0 Å². The van der Waals surface area contributed by atoms with Gasteiger partial charge in [-0.1, -0.05) is 31.2 Å². The van der Waals surface area contributed by atoms with Crippen molar-refractivity contribution < 1.29 is 4.79 Å². The first-order chi connectivity index (χ1) is 14.1. The normalized spacial score (nSPS) is 10.9. The molecular weight excluding hydrogens is 382 g/mol. The van der Waals surface area contributed by atoms with E-state index >= 15 is 0 Å². The van der Waals surface area contributed by atoms with Crippen molar-refractivity contribution in [3.05, 3.63) is 92.4 Å². The summed E-state index contributed by atoms with van der Waals surface area (Å²) in [7, 11) is 0. The molecule has 29 heavy (non-hydrogen) atoms. The quantitative estimate of drug-likeness (QED) is 0.481. The van der Waals surface area contributed by atoms with E-state index in [4.69, 9.17) is 5.73 Å². The number of pyridine rings is 1. The summed E-state index contributed by atoms with van der Waals surface area (Å²) in [5.74, 6) is -0.440. The highest BCUT2D eigenvalue weighted by molar-refractivity contribution is 7.09. The highest BCUT2D eigenvalue weighted by atomic mass is 32.1. The fourth-order valence-electron chi connectivity index (χ4n) is 3.32. The molecule has 0 aliphatic heterocycles. The van der Waals surface area contributed by atoms with Gasteiger partial charge in [0.05, 0.1) is 12.1 Å². The number of nitrogens with two attached hydrogens (primary N) is 1. The van der Waals surface area contributed by atoms with Crippen LogP contribution in [0.15, 0.2) is 70.8 Å². The van der Waals surface area contributed by atoms with Crippen molar-refractivity contribution in [3.63, 3.8) is 0 Å². The van der Waals surface area contributed by atoms with Crippen LogP contribution >= 0.6 is 11.3 Å². The minimum atomic E-state index is -0.440. The number of carbonyl (C=O) groups is 1. The molecule has 0 unspecified atom stereocenters. The Morgan fingerprint density at radius 3 is 2.59 bits per heavy atom. The van der Waals surface area contributed by atoms with Gasteiger partial charge < -0.3 is 15.6 Å². The topological polar surface area (TPSA) is 77.1 Å². The van der Waals surface area contributed by atoms with Crippen molar-refractivity contribution in [2.75, 3.05) is 11.1 Å². The predicted molar refractivity (Wildman–Crippen MR) is 120 cm³/mol. The molecular formula is C23H21N3O2S. The summed E-state index contributed by atoms with van der Waals surface area (Å²) in [6, 6.07) is 18.6. The van der Waals surface area contributed by atoms with Crippen molar-refractivity contribution in [3.8, 4) is 0 Å². The fraction of sp³-hybridized carbons (Fsp3) is 0.130. The van der Waals surface area contributed by atoms with Crippen molar-refractivity contribution in [2.24, 2.45) is 0 Å². The van der Waals surface area contributed by atoms with E-state index in [1.165, 1.54) is 5.56 Å². The molecule has 0 spiro atoms. The molecule has 0 saturated heterocycles. The smallest absolute Gasteiger partial charge is 0.264 e. The molecule has 0 radical (unpaired) electrons. The molecule has 0 aliphatic carbocycles. The van der Waals surface area contributed by atoms with Crippen LogP contribution in [0.3, 0.4) is 0 Å². The summed E-state index contributed by atoms with van der Waals surface area (Å²) >= 11 is 1.57. The van der Waals surface area contributed by atoms with Gasteiger partial charge in [0, 0.05) is 21.6 Å². The first-order valence-electron chi connectivity index (χ1n) is 9.41. The molecule has 4 rings (SSSR count). The number of hydrogen-bond donors (Lipinski definition) is 2. The number of amides is 1. The average Bonchev–Trinajstić information content (AvgIpc) is 3.24. The van der Waals surface area contributed by atoms with Crippen molar-refractivity contribution in [2.45, 2.75) is 19.9 Å². The highest BCUT2D eigenvalue weighted by Crippen LogP contribution is 2.23. The number of aryl methyl sites for hydroxylation is 1. The molecule has 146 valence electrons. The number of hydrogen-bond acceptors (Lipinski definition) is 4. The molecule has 3 N–H and O–H groups in total. The standard InChI is InChI=1S/C23H21N3O2S/c1-2-15-8-10-16(11-9-15)25-22(27)19-13-18-20(24)6-3-7-21(18)26(23(19)28)14-17-5-4-12-29-17/h3-13H,2,14,24H2,1H3,(H,25,27). The summed E-state index contributed by atoms with van der Waals surface area (Å²) < 4.78 is 1.62. The van der Waals surface area contributed by atoms with Gasteiger partial charge in [0.25, 0.3) is 11.5 Å². The number of nitrogen functional groups attached to an aromatic ring is 1. The molecule has 2 heterocycles. The van der Waals surface area contributed by atoms with Crippen molar-refractivity contribution in [1.82, 2.24) is 4.57 Å². The van der Waals surface area contributed by atoms with Gasteiger partial charge in [-0.2, -0.15) is 0 Å². The minimum absolute atomic E-state index is 0.0755. The van der Waals surface area contributed by atoms with E-state index in [9.17, 15) is 9.59 Å². The number of fused-ring (bicyclic) bond motifs is 1. The van der Waals surface area contributed by atoms with Gasteiger partial charge in [-0.15, -0.1) is 11.3 Å². The Labute approximate surface area is 172 Å². The third kappa shape index (κ3) is 3.79. The zero-order valence-corrected chi connectivity index (χ0v) is 16.8. The summed E-state index contributed by atoms with van der Waals surface area (Å²) in [5, 5.41) is 5.49. The molecule has 0 atom stereocenters. The zero-order chi connectivity index (χ0) is 20.4. The molecule has 2 aromatic carbocycles. The number of rotatable bonds is 5. The molecule has 0 fully saturated rings. The molecule has 5 nitrogen and oxygen atoms in total. The summed E-state index contributed by atoms with van der Waals surface area (Å²) in [6.45, 7) is 2.46. The molecule has 1 amide bonds. The Hall–Kier alpha value is -3.38. The van der Waals surface area contributed by atoms with E-state index in [2.05, 4.69) is 12.2 Å². The van der Waals surface area contributed by atoms with E-state index < -0.39 is 5.91 Å². The van der Waals surface area contributed by atoms with Crippen LogP contribution in [0.1, 0.15) is 27.7 Å². The number of benzene rings is 2. The van der Waals surface area contributed by atoms with Crippen molar-refractivity contribution in [1.29, 1.82) is 0 Å². The van der Waals surface area contributed by atoms with Gasteiger partial charge in [0.15, 0.2) is 0 Å². The van der Waals surface area contributed by atoms with Crippen LogP contribution in [-0.2, 0) is 13.0 Å². The predicted octanol–water partition coefficient (Wildman–Crippen LogP) is 4.51. The van der Waals surface area contributed by atoms with Crippen LogP contribution in [0.2, 0.25) is 0 Å². The van der Waals surface area contributed by atoms with E-state index in [1.807, 2.05) is 53.9 Å². The molecule has 2 aromatic heterocycles. The summed E-state index contributed by atoms with van der Waals surface area (Å²) in [4.78, 5) is 27.2. The van der Waals surface area contributed by atoms with Crippen molar-refractivity contribution >= 4 is 39.5 Å². The second-order valence-electron chi connectivity index (χ2n) is 6.81. The summed E-state index contributed by atoms with van der Waals surface area (Å²) in [5.41, 5.74) is 8.98. The van der Waals surface area contributed by atoms with Gasteiger partial charge in [-0.05, 0) is 53.8 Å². The monoisotopic (exact) mass is 403 g/mol. The summed E-state index contributed by atoms with van der Waals surface area (Å²) in [6.07, 6.45) is 0.922. The molecule has 0 saturated carbocycles. The number of aromatic nitrogens is 1. The molecule has 0 aliphatic rings. The second-order valence-corrected chi connectivity index (χ2v) is 7.85. The number of thiophene rings is 1. The number of anilines is 2. The van der Waals surface area contributed by atoms with Crippen LogP contribution in [0.4, 0.5) is 11.4 Å². The molecule has 4 aromatic rings. The lowest BCUT2D eigenvalue weighted by atomic mass is 10.1. The molecule has 6 heteroatoms. The SMILES string of the molecule is CCc1ccc(NC(=O)c2cc3c(N)cccc3n(Cc3cccs3)c2=O)cc1. The highest BCUT2D eigenvalue weighted by Gasteiger charge is 2.17. The van der Waals surface area contributed by atoms with Gasteiger partial charge in [-0.3, -0.25) is 9.59 Å². The largest absolute Gasteiger partial charge is 0.398 e. The fourth-order valence-corrected chi connectivity index (χ4v) is 4.02. The maximum atomic E-state index is 13.2. The van der Waals surface area contributed by atoms with Crippen LogP contribution in [-0.4, -0.2) is 10.5 Å². The lowest BCUT2D eigenvalue weighted by Crippen LogP contribution is -2.29. The Morgan fingerprint density at radius 2 is 1.90 bits per heavy atom. The minimum Gasteiger partial charge on any atom is -0.398 e. The van der Waals surface area contributed by atoms with E-state index in [-0.39, 0.29) is 11.1 Å². The zero-order valence-electron chi connectivity index (χ0n) is 16.0. The maximum absolute atomic E-state index is 13.2. The Kier molecular flexibility index (Phi) is 5.18. The lowest BCUT2D eigenvalue weighted by molar-refractivity contribution is 0.102. The lowest BCUT2D eigenvalue weighted by Gasteiger charge is -2.14. The van der Waals surface area contributed by atoms with E-state index in [0.29, 0.717) is 28.8 Å². The Bertz CT molecular complexity index is 1230. The van der Waals surface area contributed by atoms with Gasteiger partial charge in [-0.25, -0.2) is 0 Å². The number of nitrogens with zero attached hydrogens (tertiary/aromatic N) is 1. The van der Waals surface area contributed by atoms with E-state index in [0.717, 1.165) is 11.3 Å².